The molecule has 0 saturated heterocycles. The van der Waals surface area contributed by atoms with E-state index in [0.29, 0.717) is 20.6 Å². The highest BCUT2D eigenvalue weighted by molar-refractivity contribution is 7.98. The Morgan fingerprint density at radius 3 is 2.92 bits per heavy atom. The lowest BCUT2D eigenvalue weighted by Crippen LogP contribution is -2.25. The van der Waals surface area contributed by atoms with Crippen molar-refractivity contribution in [2.75, 3.05) is 0 Å². The van der Waals surface area contributed by atoms with Gasteiger partial charge < -0.3 is 0 Å². The number of hydrogen-bond donors (Lipinski definition) is 0. The molecular formula is C17H16ClFN2OS2. The van der Waals surface area contributed by atoms with Gasteiger partial charge in [0.15, 0.2) is 5.16 Å². The van der Waals surface area contributed by atoms with Gasteiger partial charge in [0.1, 0.15) is 10.5 Å². The Morgan fingerprint density at radius 2 is 2.21 bits per heavy atom. The molecule has 126 valence electrons. The van der Waals surface area contributed by atoms with Gasteiger partial charge in [-0.1, -0.05) is 36.4 Å². The Labute approximate surface area is 152 Å². The molecule has 0 aliphatic heterocycles. The van der Waals surface area contributed by atoms with Crippen molar-refractivity contribution in [1.82, 2.24) is 9.55 Å². The number of rotatable bonds is 5. The molecule has 0 aliphatic carbocycles. The Kier molecular flexibility index (Phi) is 5.27. The van der Waals surface area contributed by atoms with E-state index >= 15 is 0 Å². The molecule has 3 rings (SSSR count). The number of halogens is 2. The molecule has 2 heterocycles. The van der Waals surface area contributed by atoms with Crippen molar-refractivity contribution in [3.8, 4) is 0 Å². The van der Waals surface area contributed by atoms with Gasteiger partial charge >= 0.3 is 0 Å². The highest BCUT2D eigenvalue weighted by atomic mass is 35.5. The Hall–Kier alpha value is -1.37. The molecule has 0 radical (unpaired) electrons. The van der Waals surface area contributed by atoms with Crippen LogP contribution in [0, 0.1) is 5.82 Å². The zero-order valence-electron chi connectivity index (χ0n) is 13.3. The normalized spacial score (nSPS) is 12.7. The van der Waals surface area contributed by atoms with Crippen molar-refractivity contribution in [2.45, 2.75) is 37.2 Å². The van der Waals surface area contributed by atoms with E-state index in [4.69, 9.17) is 11.6 Å². The summed E-state index contributed by atoms with van der Waals surface area (Å²) in [6.45, 7) is 4.05. The van der Waals surface area contributed by atoms with Crippen LogP contribution in [0.5, 0.6) is 0 Å². The largest absolute Gasteiger partial charge is 0.284 e. The van der Waals surface area contributed by atoms with Gasteiger partial charge in [0.2, 0.25) is 0 Å². The van der Waals surface area contributed by atoms with E-state index in [1.54, 1.807) is 10.6 Å². The number of benzene rings is 1. The molecule has 0 saturated carbocycles. The zero-order valence-corrected chi connectivity index (χ0v) is 15.6. The fraction of sp³-hybridized carbons (Fsp3) is 0.294. The predicted octanol–water partition coefficient (Wildman–Crippen LogP) is 5.51. The zero-order chi connectivity index (χ0) is 17.3. The second-order valence-electron chi connectivity index (χ2n) is 5.49. The summed E-state index contributed by atoms with van der Waals surface area (Å²) >= 11 is 8.95. The minimum Gasteiger partial charge on any atom is -0.284 e. The van der Waals surface area contributed by atoms with Crippen molar-refractivity contribution < 1.29 is 4.39 Å². The molecule has 3 nitrogen and oxygen atoms in total. The van der Waals surface area contributed by atoms with Gasteiger partial charge in [-0.2, -0.15) is 0 Å². The molecule has 3 aromatic rings. The van der Waals surface area contributed by atoms with Crippen LogP contribution in [0.3, 0.4) is 0 Å². The predicted molar refractivity (Wildman–Crippen MR) is 99.9 cm³/mol. The van der Waals surface area contributed by atoms with Crippen molar-refractivity contribution in [2.24, 2.45) is 0 Å². The van der Waals surface area contributed by atoms with Crippen molar-refractivity contribution in [1.29, 1.82) is 0 Å². The number of nitrogens with zero attached hydrogens (tertiary/aromatic N) is 2. The molecule has 7 heteroatoms. The third kappa shape index (κ3) is 3.36. The molecule has 1 atom stereocenters. The van der Waals surface area contributed by atoms with Crippen LogP contribution in [-0.4, -0.2) is 9.55 Å². The Morgan fingerprint density at radius 1 is 1.42 bits per heavy atom. The van der Waals surface area contributed by atoms with Gasteiger partial charge in [-0.3, -0.25) is 9.36 Å². The summed E-state index contributed by atoms with van der Waals surface area (Å²) in [4.78, 5) is 17.4. The molecule has 0 amide bonds. The van der Waals surface area contributed by atoms with Crippen molar-refractivity contribution in [3.05, 3.63) is 56.4 Å². The van der Waals surface area contributed by atoms with Crippen molar-refractivity contribution >= 4 is 44.9 Å². The molecule has 0 aliphatic rings. The Balaban J connectivity index is 2.00. The van der Waals surface area contributed by atoms with E-state index in [-0.39, 0.29) is 17.4 Å². The van der Waals surface area contributed by atoms with E-state index < -0.39 is 0 Å². The average Bonchev–Trinajstić information content (AvgIpc) is 3.02. The summed E-state index contributed by atoms with van der Waals surface area (Å²) < 4.78 is 15.6. The van der Waals surface area contributed by atoms with E-state index in [0.717, 1.165) is 17.5 Å². The monoisotopic (exact) mass is 382 g/mol. The number of fused-ring (bicyclic) bond motifs is 1. The molecule has 0 N–H and O–H groups in total. The number of thiophene rings is 1. The fourth-order valence-corrected chi connectivity index (χ4v) is 4.54. The fourth-order valence-electron chi connectivity index (χ4n) is 2.36. The second-order valence-corrected chi connectivity index (χ2v) is 7.75. The summed E-state index contributed by atoms with van der Waals surface area (Å²) in [5.41, 5.74) is 1.53. The first-order valence-electron chi connectivity index (χ1n) is 7.57. The van der Waals surface area contributed by atoms with E-state index in [1.165, 1.54) is 35.2 Å². The number of hydrogen-bond acceptors (Lipinski definition) is 4. The minimum atomic E-state index is -0.358. The second kappa shape index (κ2) is 7.25. The minimum absolute atomic E-state index is 0.00273. The summed E-state index contributed by atoms with van der Waals surface area (Å²) in [6, 6.07) is 6.27. The van der Waals surface area contributed by atoms with Crippen molar-refractivity contribution in [3.63, 3.8) is 0 Å². The standard InChI is InChI=1S/C17H16ClFN2OS2/c1-3-10(2)21-16(22)15-14(6-7-23-15)20-17(21)24-9-11-4-5-12(19)8-13(11)18/h4-8,10H,3,9H2,1-2H3/t10-/m1/s1. The highest BCUT2D eigenvalue weighted by Gasteiger charge is 2.17. The summed E-state index contributed by atoms with van der Waals surface area (Å²) in [5, 5.41) is 2.93. The van der Waals surface area contributed by atoms with Crippen LogP contribution in [0.15, 0.2) is 39.6 Å². The summed E-state index contributed by atoms with van der Waals surface area (Å²) in [5.74, 6) is 0.167. The van der Waals surface area contributed by atoms with Gasteiger partial charge in [0.05, 0.1) is 5.52 Å². The molecule has 1 aromatic carbocycles. The molecule has 24 heavy (non-hydrogen) atoms. The Bertz CT molecular complexity index is 938. The van der Waals surface area contributed by atoms with Gasteiger partial charge in [-0.15, -0.1) is 11.3 Å². The quantitative estimate of drug-likeness (QED) is 0.431. The maximum atomic E-state index is 13.2. The smallest absolute Gasteiger partial charge is 0.272 e. The third-order valence-electron chi connectivity index (χ3n) is 3.88. The molecule has 2 aromatic heterocycles. The highest BCUT2D eigenvalue weighted by Crippen LogP contribution is 2.29. The molecule has 0 spiro atoms. The van der Waals surface area contributed by atoms with Gasteiger partial charge in [0, 0.05) is 16.8 Å². The first-order valence-corrected chi connectivity index (χ1v) is 9.82. The lowest BCUT2D eigenvalue weighted by atomic mass is 10.2. The SMILES string of the molecule is CC[C@@H](C)n1c(SCc2ccc(F)cc2Cl)nc2ccsc2c1=O. The molecule has 0 fully saturated rings. The van der Waals surface area contributed by atoms with E-state index in [1.807, 2.05) is 25.3 Å². The van der Waals surface area contributed by atoms with E-state index in [9.17, 15) is 9.18 Å². The van der Waals surface area contributed by atoms with Crippen LogP contribution < -0.4 is 5.56 Å². The number of aromatic nitrogens is 2. The molecular weight excluding hydrogens is 367 g/mol. The van der Waals surface area contributed by atoms with Crippen LogP contribution in [0.2, 0.25) is 5.02 Å². The maximum absolute atomic E-state index is 13.2. The topological polar surface area (TPSA) is 34.9 Å². The first kappa shape index (κ1) is 17.5. The lowest BCUT2D eigenvalue weighted by molar-refractivity contribution is 0.468. The average molecular weight is 383 g/mol. The summed E-state index contributed by atoms with van der Waals surface area (Å²) in [7, 11) is 0. The summed E-state index contributed by atoms with van der Waals surface area (Å²) in [6.07, 6.45) is 0.837. The van der Waals surface area contributed by atoms with Crippen LogP contribution in [0.4, 0.5) is 4.39 Å². The number of thioether (sulfide) groups is 1. The molecule has 0 unspecified atom stereocenters. The van der Waals surface area contributed by atoms with Gasteiger partial charge in [-0.05, 0) is 42.5 Å². The van der Waals surface area contributed by atoms with Crippen LogP contribution >= 0.6 is 34.7 Å². The van der Waals surface area contributed by atoms with Crippen LogP contribution in [0.25, 0.3) is 10.2 Å². The van der Waals surface area contributed by atoms with Gasteiger partial charge in [0.25, 0.3) is 5.56 Å². The molecule has 0 bridgehead atoms. The lowest BCUT2D eigenvalue weighted by Gasteiger charge is -2.17. The van der Waals surface area contributed by atoms with E-state index in [2.05, 4.69) is 4.98 Å². The third-order valence-corrected chi connectivity index (χ3v) is 6.13. The van der Waals surface area contributed by atoms with Crippen LogP contribution in [0.1, 0.15) is 31.9 Å². The van der Waals surface area contributed by atoms with Gasteiger partial charge in [-0.25, -0.2) is 9.37 Å². The van der Waals surface area contributed by atoms with Crippen LogP contribution in [-0.2, 0) is 5.75 Å². The first-order chi connectivity index (χ1) is 11.5. The maximum Gasteiger partial charge on any atom is 0.272 e.